The highest BCUT2D eigenvalue weighted by Crippen LogP contribution is 2.33. The molecule has 0 saturated heterocycles. The second-order valence-electron chi connectivity index (χ2n) is 4.14. The summed E-state index contributed by atoms with van der Waals surface area (Å²) in [5.74, 6) is 1.66. The Labute approximate surface area is 97.5 Å². The van der Waals surface area contributed by atoms with Gasteiger partial charge in [0.2, 0.25) is 0 Å². The predicted octanol–water partition coefficient (Wildman–Crippen LogP) is 2.39. The molecule has 2 heterocycles. The minimum Gasteiger partial charge on any atom is -0.333 e. The summed E-state index contributed by atoms with van der Waals surface area (Å²) >= 11 is 1.61. The fourth-order valence-corrected chi connectivity index (χ4v) is 2.84. The average molecular weight is 235 g/mol. The van der Waals surface area contributed by atoms with Gasteiger partial charge in [0.25, 0.3) is 5.89 Å². The zero-order valence-electron chi connectivity index (χ0n) is 8.80. The fraction of sp³-hybridized carbons (Fsp3) is 0.455. The monoisotopic (exact) mass is 235 g/mol. The van der Waals surface area contributed by atoms with Crippen molar-refractivity contribution in [2.24, 2.45) is 5.73 Å². The molecule has 0 bridgehead atoms. The summed E-state index contributed by atoms with van der Waals surface area (Å²) in [7, 11) is 0. The van der Waals surface area contributed by atoms with Crippen LogP contribution in [0.4, 0.5) is 0 Å². The third kappa shape index (κ3) is 1.66. The molecule has 2 aromatic heterocycles. The van der Waals surface area contributed by atoms with Crippen LogP contribution in [-0.2, 0) is 0 Å². The Kier molecular flexibility index (Phi) is 2.49. The molecular formula is C11H13N3OS. The van der Waals surface area contributed by atoms with Crippen LogP contribution < -0.4 is 5.73 Å². The molecule has 0 aliphatic heterocycles. The molecule has 2 N–H and O–H groups in total. The van der Waals surface area contributed by atoms with Crippen molar-refractivity contribution in [3.05, 3.63) is 23.3 Å². The van der Waals surface area contributed by atoms with Gasteiger partial charge in [0.1, 0.15) is 0 Å². The van der Waals surface area contributed by atoms with Crippen molar-refractivity contribution >= 4 is 11.3 Å². The SMILES string of the molecule is NC1CCCC1c1noc(-c2cccs2)n1. The van der Waals surface area contributed by atoms with Crippen molar-refractivity contribution in [2.75, 3.05) is 0 Å². The Hall–Kier alpha value is -1.20. The summed E-state index contributed by atoms with van der Waals surface area (Å²) < 4.78 is 5.26. The number of rotatable bonds is 2. The first-order valence-electron chi connectivity index (χ1n) is 5.47. The van der Waals surface area contributed by atoms with Gasteiger partial charge in [0.05, 0.1) is 4.88 Å². The van der Waals surface area contributed by atoms with Crippen LogP contribution in [0.15, 0.2) is 22.0 Å². The van der Waals surface area contributed by atoms with Gasteiger partial charge < -0.3 is 10.3 Å². The summed E-state index contributed by atoms with van der Waals surface area (Å²) in [5.41, 5.74) is 6.02. The zero-order valence-corrected chi connectivity index (χ0v) is 9.61. The van der Waals surface area contributed by atoms with E-state index < -0.39 is 0 Å². The van der Waals surface area contributed by atoms with Crippen molar-refractivity contribution in [1.82, 2.24) is 10.1 Å². The Balaban J connectivity index is 1.88. The Bertz CT molecular complexity index is 465. The number of nitrogens with zero attached hydrogens (tertiary/aromatic N) is 2. The van der Waals surface area contributed by atoms with E-state index in [1.807, 2.05) is 17.5 Å². The van der Waals surface area contributed by atoms with E-state index in [0.717, 1.165) is 30.0 Å². The second-order valence-corrected chi connectivity index (χ2v) is 5.08. The molecule has 1 aliphatic rings. The molecule has 2 atom stereocenters. The van der Waals surface area contributed by atoms with Gasteiger partial charge in [-0.2, -0.15) is 4.98 Å². The van der Waals surface area contributed by atoms with Gasteiger partial charge in [-0.1, -0.05) is 17.6 Å². The van der Waals surface area contributed by atoms with Crippen LogP contribution in [0.3, 0.4) is 0 Å². The lowest BCUT2D eigenvalue weighted by atomic mass is 10.0. The predicted molar refractivity (Wildman–Crippen MR) is 62.2 cm³/mol. The van der Waals surface area contributed by atoms with E-state index in [-0.39, 0.29) is 12.0 Å². The first-order chi connectivity index (χ1) is 7.84. The molecule has 0 aromatic carbocycles. The van der Waals surface area contributed by atoms with Crippen molar-refractivity contribution in [2.45, 2.75) is 31.2 Å². The summed E-state index contributed by atoms with van der Waals surface area (Å²) in [6.07, 6.45) is 3.30. The zero-order chi connectivity index (χ0) is 11.0. The van der Waals surface area contributed by atoms with Crippen LogP contribution in [0.2, 0.25) is 0 Å². The van der Waals surface area contributed by atoms with Gasteiger partial charge in [-0.15, -0.1) is 11.3 Å². The van der Waals surface area contributed by atoms with Crippen LogP contribution in [0, 0.1) is 0 Å². The topological polar surface area (TPSA) is 64.9 Å². The largest absolute Gasteiger partial charge is 0.333 e. The number of nitrogens with two attached hydrogens (primary N) is 1. The molecule has 1 aliphatic carbocycles. The maximum Gasteiger partial charge on any atom is 0.267 e. The highest BCUT2D eigenvalue weighted by atomic mass is 32.1. The number of hydrogen-bond acceptors (Lipinski definition) is 5. The number of hydrogen-bond donors (Lipinski definition) is 1. The summed E-state index contributed by atoms with van der Waals surface area (Å²) in [5, 5.41) is 6.05. The molecule has 1 fully saturated rings. The first-order valence-corrected chi connectivity index (χ1v) is 6.35. The quantitative estimate of drug-likeness (QED) is 0.868. The molecule has 1 saturated carbocycles. The third-order valence-corrected chi connectivity index (χ3v) is 3.93. The number of aromatic nitrogens is 2. The molecule has 4 nitrogen and oxygen atoms in total. The molecule has 0 amide bonds. The van der Waals surface area contributed by atoms with Gasteiger partial charge in [-0.25, -0.2) is 0 Å². The van der Waals surface area contributed by atoms with Crippen molar-refractivity contribution < 1.29 is 4.52 Å². The van der Waals surface area contributed by atoms with Crippen LogP contribution in [0.5, 0.6) is 0 Å². The average Bonchev–Trinajstić information content (AvgIpc) is 2.96. The molecule has 84 valence electrons. The third-order valence-electron chi connectivity index (χ3n) is 3.07. The minimum atomic E-state index is 0.189. The van der Waals surface area contributed by atoms with Crippen LogP contribution in [-0.4, -0.2) is 16.2 Å². The second kappa shape index (κ2) is 3.99. The van der Waals surface area contributed by atoms with Crippen molar-refractivity contribution in [3.63, 3.8) is 0 Å². The van der Waals surface area contributed by atoms with Gasteiger partial charge in [0, 0.05) is 12.0 Å². The van der Waals surface area contributed by atoms with E-state index in [1.54, 1.807) is 11.3 Å². The molecule has 3 rings (SSSR count). The van der Waals surface area contributed by atoms with E-state index >= 15 is 0 Å². The van der Waals surface area contributed by atoms with E-state index in [0.29, 0.717) is 5.89 Å². The highest BCUT2D eigenvalue weighted by Gasteiger charge is 2.29. The standard InChI is InChI=1S/C11H13N3OS/c12-8-4-1-3-7(8)10-13-11(15-14-10)9-5-2-6-16-9/h2,5-8H,1,3-4,12H2. The molecular weight excluding hydrogens is 222 g/mol. The fourth-order valence-electron chi connectivity index (χ4n) is 2.20. The lowest BCUT2D eigenvalue weighted by Gasteiger charge is -2.09. The summed E-state index contributed by atoms with van der Waals surface area (Å²) in [6.45, 7) is 0. The lowest BCUT2D eigenvalue weighted by Crippen LogP contribution is -2.23. The van der Waals surface area contributed by atoms with Gasteiger partial charge in [-0.3, -0.25) is 0 Å². The summed E-state index contributed by atoms with van der Waals surface area (Å²) in [4.78, 5) is 5.46. The van der Waals surface area contributed by atoms with Gasteiger partial charge in [0.15, 0.2) is 5.82 Å². The minimum absolute atomic E-state index is 0.189. The smallest absolute Gasteiger partial charge is 0.267 e. The first kappa shape index (κ1) is 9.99. The Morgan fingerprint density at radius 1 is 1.44 bits per heavy atom. The molecule has 5 heteroatoms. The highest BCUT2D eigenvalue weighted by molar-refractivity contribution is 7.13. The van der Waals surface area contributed by atoms with E-state index in [9.17, 15) is 0 Å². The Morgan fingerprint density at radius 3 is 3.06 bits per heavy atom. The maximum atomic E-state index is 6.02. The summed E-state index contributed by atoms with van der Waals surface area (Å²) in [6, 6.07) is 4.15. The molecule has 2 unspecified atom stereocenters. The van der Waals surface area contributed by atoms with Gasteiger partial charge in [-0.05, 0) is 24.3 Å². The maximum absolute atomic E-state index is 6.02. The van der Waals surface area contributed by atoms with Crippen LogP contribution in [0.1, 0.15) is 31.0 Å². The Morgan fingerprint density at radius 2 is 2.38 bits per heavy atom. The van der Waals surface area contributed by atoms with E-state index in [4.69, 9.17) is 10.3 Å². The van der Waals surface area contributed by atoms with E-state index in [2.05, 4.69) is 10.1 Å². The normalized spacial score (nSPS) is 25.1. The molecule has 16 heavy (non-hydrogen) atoms. The van der Waals surface area contributed by atoms with Crippen LogP contribution in [0.25, 0.3) is 10.8 Å². The molecule has 2 aromatic rings. The van der Waals surface area contributed by atoms with Crippen LogP contribution >= 0.6 is 11.3 Å². The van der Waals surface area contributed by atoms with E-state index in [1.165, 1.54) is 0 Å². The van der Waals surface area contributed by atoms with Gasteiger partial charge >= 0.3 is 0 Å². The molecule has 0 radical (unpaired) electrons. The van der Waals surface area contributed by atoms with Crippen molar-refractivity contribution in [3.8, 4) is 10.8 Å². The van der Waals surface area contributed by atoms with Crippen molar-refractivity contribution in [1.29, 1.82) is 0 Å². The molecule has 0 spiro atoms. The number of thiophene rings is 1. The lowest BCUT2D eigenvalue weighted by molar-refractivity contribution is 0.412.